The maximum atomic E-state index is 11.7. The molecule has 0 aliphatic carbocycles. The van der Waals surface area contributed by atoms with Crippen molar-refractivity contribution < 1.29 is 13.2 Å². The highest BCUT2D eigenvalue weighted by Gasteiger charge is 2.09. The number of rotatable bonds is 8. The number of anilines is 1. The molecule has 0 amide bonds. The van der Waals surface area contributed by atoms with E-state index in [1.54, 1.807) is 12.1 Å². The van der Waals surface area contributed by atoms with Crippen LogP contribution in [0.4, 0.5) is 5.69 Å². The van der Waals surface area contributed by atoms with Crippen molar-refractivity contribution in [1.29, 1.82) is 0 Å². The standard InChI is InChI=1S/C12H18BrNO3S/c1-2-17-9-10-18(15,16)14-12-5-3-11(4-6-12)7-8-13/h3-6,14H,2,7-10H2,1H3. The van der Waals surface area contributed by atoms with Crippen LogP contribution in [0.2, 0.25) is 0 Å². The van der Waals surface area contributed by atoms with Gasteiger partial charge in [0, 0.05) is 17.6 Å². The Labute approximate surface area is 117 Å². The number of hydrogen-bond donors (Lipinski definition) is 1. The fourth-order valence-corrected chi connectivity index (χ4v) is 2.78. The summed E-state index contributed by atoms with van der Waals surface area (Å²) in [7, 11) is -3.32. The zero-order chi connectivity index (χ0) is 13.4. The van der Waals surface area contributed by atoms with Gasteiger partial charge in [-0.25, -0.2) is 8.42 Å². The summed E-state index contributed by atoms with van der Waals surface area (Å²) in [6, 6.07) is 7.38. The number of hydrogen-bond acceptors (Lipinski definition) is 3. The van der Waals surface area contributed by atoms with Gasteiger partial charge >= 0.3 is 0 Å². The number of halogens is 1. The van der Waals surface area contributed by atoms with Crippen LogP contribution in [0.3, 0.4) is 0 Å². The summed E-state index contributed by atoms with van der Waals surface area (Å²) < 4.78 is 30.9. The number of nitrogens with one attached hydrogen (secondary N) is 1. The monoisotopic (exact) mass is 335 g/mol. The molecule has 1 aromatic rings. The lowest BCUT2D eigenvalue weighted by atomic mass is 10.2. The van der Waals surface area contributed by atoms with Gasteiger partial charge in [0.15, 0.2) is 0 Å². The summed E-state index contributed by atoms with van der Waals surface area (Å²) in [6.07, 6.45) is 0.928. The molecule has 1 aromatic carbocycles. The third-order valence-corrected chi connectivity index (χ3v) is 3.96. The first-order valence-corrected chi connectivity index (χ1v) is 8.58. The molecule has 18 heavy (non-hydrogen) atoms. The predicted molar refractivity (Wildman–Crippen MR) is 77.8 cm³/mol. The van der Waals surface area contributed by atoms with E-state index in [2.05, 4.69) is 20.7 Å². The van der Waals surface area contributed by atoms with Crippen molar-refractivity contribution >= 4 is 31.6 Å². The highest BCUT2D eigenvalue weighted by molar-refractivity contribution is 9.09. The van der Waals surface area contributed by atoms with E-state index in [1.807, 2.05) is 19.1 Å². The van der Waals surface area contributed by atoms with Crippen molar-refractivity contribution in [2.24, 2.45) is 0 Å². The Morgan fingerprint density at radius 1 is 1.28 bits per heavy atom. The van der Waals surface area contributed by atoms with Crippen molar-refractivity contribution in [3.05, 3.63) is 29.8 Å². The van der Waals surface area contributed by atoms with Gasteiger partial charge in [-0.05, 0) is 31.0 Å². The molecule has 0 aliphatic rings. The fourth-order valence-electron chi connectivity index (χ4n) is 1.39. The summed E-state index contributed by atoms with van der Waals surface area (Å²) in [5.74, 6) is -0.0238. The Kier molecular flexibility index (Phi) is 6.67. The van der Waals surface area contributed by atoms with Crippen LogP contribution < -0.4 is 4.72 Å². The van der Waals surface area contributed by atoms with Crippen molar-refractivity contribution in [3.63, 3.8) is 0 Å². The summed E-state index contributed by atoms with van der Waals surface area (Å²) in [6.45, 7) is 2.58. The molecule has 0 unspecified atom stereocenters. The molecular formula is C12H18BrNO3S. The van der Waals surface area contributed by atoms with Gasteiger partial charge < -0.3 is 4.74 Å². The van der Waals surface area contributed by atoms with E-state index in [4.69, 9.17) is 4.74 Å². The minimum absolute atomic E-state index is 0.0238. The summed E-state index contributed by atoms with van der Waals surface area (Å²) in [4.78, 5) is 0. The van der Waals surface area contributed by atoms with Gasteiger partial charge in [0.05, 0.1) is 12.4 Å². The molecular weight excluding hydrogens is 318 g/mol. The zero-order valence-corrected chi connectivity index (χ0v) is 12.8. The minimum Gasteiger partial charge on any atom is -0.381 e. The van der Waals surface area contributed by atoms with Crippen LogP contribution in [0.5, 0.6) is 0 Å². The summed E-state index contributed by atoms with van der Waals surface area (Å²) in [5, 5.41) is 0.895. The topological polar surface area (TPSA) is 55.4 Å². The molecule has 0 aliphatic heterocycles. The van der Waals surface area contributed by atoms with Crippen LogP contribution in [-0.4, -0.2) is 32.7 Å². The summed E-state index contributed by atoms with van der Waals surface area (Å²) >= 11 is 3.36. The maximum absolute atomic E-state index is 11.7. The Hall–Kier alpha value is -0.590. The molecule has 4 nitrogen and oxygen atoms in total. The van der Waals surface area contributed by atoms with E-state index in [0.29, 0.717) is 12.3 Å². The molecule has 0 saturated carbocycles. The van der Waals surface area contributed by atoms with Crippen LogP contribution in [0.1, 0.15) is 12.5 Å². The molecule has 1 N–H and O–H groups in total. The lowest BCUT2D eigenvalue weighted by molar-refractivity contribution is 0.163. The Morgan fingerprint density at radius 2 is 1.94 bits per heavy atom. The first-order chi connectivity index (χ1) is 8.57. The van der Waals surface area contributed by atoms with E-state index >= 15 is 0 Å². The van der Waals surface area contributed by atoms with Crippen molar-refractivity contribution in [3.8, 4) is 0 Å². The van der Waals surface area contributed by atoms with Gasteiger partial charge in [-0.1, -0.05) is 28.1 Å². The first-order valence-electron chi connectivity index (χ1n) is 5.80. The van der Waals surface area contributed by atoms with Crippen LogP contribution in [0.15, 0.2) is 24.3 Å². The van der Waals surface area contributed by atoms with Gasteiger partial charge in [-0.2, -0.15) is 0 Å². The second-order valence-electron chi connectivity index (χ2n) is 3.75. The van der Waals surface area contributed by atoms with E-state index in [1.165, 1.54) is 5.56 Å². The third-order valence-electron chi connectivity index (χ3n) is 2.31. The van der Waals surface area contributed by atoms with Gasteiger partial charge in [-0.15, -0.1) is 0 Å². The Balaban J connectivity index is 2.55. The fraction of sp³-hybridized carbons (Fsp3) is 0.500. The third kappa shape index (κ3) is 5.84. The molecule has 6 heteroatoms. The molecule has 0 atom stereocenters. The van der Waals surface area contributed by atoms with Gasteiger partial charge in [0.25, 0.3) is 0 Å². The van der Waals surface area contributed by atoms with E-state index in [9.17, 15) is 8.42 Å². The van der Waals surface area contributed by atoms with Gasteiger partial charge in [0.1, 0.15) is 0 Å². The first kappa shape index (κ1) is 15.5. The minimum atomic E-state index is -3.32. The average molecular weight is 336 g/mol. The summed E-state index contributed by atoms with van der Waals surface area (Å²) in [5.41, 5.74) is 1.76. The number of sulfonamides is 1. The van der Waals surface area contributed by atoms with Crippen molar-refractivity contribution in [1.82, 2.24) is 0 Å². The second kappa shape index (κ2) is 7.76. The molecule has 1 rings (SSSR count). The molecule has 0 saturated heterocycles. The highest BCUT2D eigenvalue weighted by Crippen LogP contribution is 2.12. The lowest BCUT2D eigenvalue weighted by Crippen LogP contribution is -2.20. The van der Waals surface area contributed by atoms with Crippen LogP contribution in [0.25, 0.3) is 0 Å². The molecule has 0 spiro atoms. The molecule has 0 bridgehead atoms. The van der Waals surface area contributed by atoms with Gasteiger partial charge in [-0.3, -0.25) is 4.72 Å². The van der Waals surface area contributed by atoms with E-state index in [-0.39, 0.29) is 12.4 Å². The zero-order valence-electron chi connectivity index (χ0n) is 10.4. The lowest BCUT2D eigenvalue weighted by Gasteiger charge is -2.08. The molecule has 102 valence electrons. The normalized spacial score (nSPS) is 11.4. The van der Waals surface area contributed by atoms with Crippen LogP contribution in [0, 0.1) is 0 Å². The largest absolute Gasteiger partial charge is 0.381 e. The number of aryl methyl sites for hydroxylation is 1. The number of benzene rings is 1. The second-order valence-corrected chi connectivity index (χ2v) is 6.39. The van der Waals surface area contributed by atoms with E-state index in [0.717, 1.165) is 11.8 Å². The predicted octanol–water partition coefficient (Wildman–Crippen LogP) is 2.40. The van der Waals surface area contributed by atoms with Crippen molar-refractivity contribution in [2.45, 2.75) is 13.3 Å². The number of ether oxygens (including phenoxy) is 1. The van der Waals surface area contributed by atoms with Gasteiger partial charge in [0.2, 0.25) is 10.0 Å². The maximum Gasteiger partial charge on any atom is 0.234 e. The Morgan fingerprint density at radius 3 is 2.50 bits per heavy atom. The highest BCUT2D eigenvalue weighted by atomic mass is 79.9. The number of alkyl halides is 1. The van der Waals surface area contributed by atoms with Crippen LogP contribution >= 0.6 is 15.9 Å². The Bertz CT molecular complexity index is 445. The SMILES string of the molecule is CCOCCS(=O)(=O)Nc1ccc(CCBr)cc1. The van der Waals surface area contributed by atoms with Crippen molar-refractivity contribution in [2.75, 3.05) is 29.0 Å². The smallest absolute Gasteiger partial charge is 0.234 e. The molecule has 0 heterocycles. The molecule has 0 radical (unpaired) electrons. The van der Waals surface area contributed by atoms with E-state index < -0.39 is 10.0 Å². The molecule has 0 aromatic heterocycles. The average Bonchev–Trinajstić information content (AvgIpc) is 2.32. The molecule has 0 fully saturated rings. The quantitative estimate of drug-likeness (QED) is 0.586. The van der Waals surface area contributed by atoms with Crippen LogP contribution in [-0.2, 0) is 21.2 Å².